The molecule has 154 valence electrons. The minimum atomic E-state index is -0.774. The third-order valence-corrected chi connectivity index (χ3v) is 4.69. The number of amides is 1. The summed E-state index contributed by atoms with van der Waals surface area (Å²) < 4.78 is 15.5. The van der Waals surface area contributed by atoms with Crippen molar-refractivity contribution in [2.24, 2.45) is 0 Å². The van der Waals surface area contributed by atoms with Gasteiger partial charge in [-0.25, -0.2) is 4.79 Å². The van der Waals surface area contributed by atoms with E-state index < -0.39 is 11.5 Å². The molecule has 0 saturated carbocycles. The largest absolute Gasteiger partial charge is 0.488 e. The van der Waals surface area contributed by atoms with Crippen molar-refractivity contribution in [2.75, 3.05) is 36.2 Å². The smallest absolute Gasteiger partial charge is 0.381 e. The van der Waals surface area contributed by atoms with E-state index in [4.69, 9.17) is 19.3 Å². The zero-order valence-electron chi connectivity index (χ0n) is 15.8. The SMILES string of the molecule is COc1c(NC[C@@H]2CCO2)cc(C(=O)Nc2nnc(N/C(C)=C\C=N)s2)oc1=O. The Morgan fingerprint density at radius 2 is 2.14 bits per heavy atom. The van der Waals surface area contributed by atoms with E-state index in [1.165, 1.54) is 13.2 Å². The molecule has 0 unspecified atom stereocenters. The standard InChI is InChI=1S/C17H20N6O5S/c1-9(3-5-18)20-16-22-23-17(29-16)21-14(24)12-7-11(13(26-2)15(25)28-12)19-8-10-4-6-27-10/h3,5,7,10,18-19H,4,6,8H2,1-2H3,(H,20,22)(H,21,23,24)/b9-3-,18-5?/t10-/m0/s1. The van der Waals surface area contributed by atoms with E-state index in [2.05, 4.69) is 26.1 Å². The lowest BCUT2D eigenvalue weighted by atomic mass is 10.2. The second-order valence-electron chi connectivity index (χ2n) is 6.02. The van der Waals surface area contributed by atoms with E-state index in [0.717, 1.165) is 24.0 Å². The van der Waals surface area contributed by atoms with Gasteiger partial charge in [0.25, 0.3) is 5.91 Å². The summed E-state index contributed by atoms with van der Waals surface area (Å²) in [6.07, 6.45) is 3.67. The molecule has 1 saturated heterocycles. The molecule has 2 aromatic heterocycles. The van der Waals surface area contributed by atoms with Crippen LogP contribution in [-0.4, -0.2) is 48.7 Å². The highest BCUT2D eigenvalue weighted by atomic mass is 32.1. The summed E-state index contributed by atoms with van der Waals surface area (Å²) in [4.78, 5) is 24.7. The molecule has 29 heavy (non-hydrogen) atoms. The Morgan fingerprint density at radius 3 is 2.76 bits per heavy atom. The number of allylic oxidation sites excluding steroid dienone is 2. The number of nitrogens with one attached hydrogen (secondary N) is 4. The van der Waals surface area contributed by atoms with Gasteiger partial charge in [-0.05, 0) is 19.4 Å². The molecule has 0 spiro atoms. The molecule has 1 aliphatic rings. The van der Waals surface area contributed by atoms with Crippen LogP contribution in [0.1, 0.15) is 23.9 Å². The number of hydrogen-bond donors (Lipinski definition) is 4. The molecule has 2 aromatic rings. The Hall–Kier alpha value is -3.25. The fourth-order valence-electron chi connectivity index (χ4n) is 2.41. The molecule has 1 amide bonds. The number of hydrogen-bond acceptors (Lipinski definition) is 11. The summed E-state index contributed by atoms with van der Waals surface area (Å²) in [6, 6.07) is 1.39. The van der Waals surface area contributed by atoms with Crippen LogP contribution in [0.5, 0.6) is 5.75 Å². The summed E-state index contributed by atoms with van der Waals surface area (Å²) in [6.45, 7) is 2.96. The molecule has 4 N–H and O–H groups in total. The van der Waals surface area contributed by atoms with Gasteiger partial charge in [-0.1, -0.05) is 11.3 Å². The number of anilines is 3. The number of nitrogens with zero attached hydrogens (tertiary/aromatic N) is 2. The molecule has 1 atom stereocenters. The lowest BCUT2D eigenvalue weighted by Gasteiger charge is -2.27. The normalized spacial score (nSPS) is 15.9. The van der Waals surface area contributed by atoms with Crippen molar-refractivity contribution >= 4 is 39.4 Å². The Morgan fingerprint density at radius 1 is 1.41 bits per heavy atom. The van der Waals surface area contributed by atoms with Gasteiger partial charge in [0.05, 0.1) is 18.9 Å². The maximum Gasteiger partial charge on any atom is 0.381 e. The summed E-state index contributed by atoms with van der Waals surface area (Å²) in [5.41, 5.74) is 0.266. The molecule has 12 heteroatoms. The number of aromatic nitrogens is 2. The predicted octanol–water partition coefficient (Wildman–Crippen LogP) is 1.92. The van der Waals surface area contributed by atoms with Crippen LogP contribution in [0.15, 0.2) is 27.1 Å². The van der Waals surface area contributed by atoms with Crippen molar-refractivity contribution in [3.05, 3.63) is 34.0 Å². The second-order valence-corrected chi connectivity index (χ2v) is 6.99. The van der Waals surface area contributed by atoms with E-state index in [9.17, 15) is 9.59 Å². The van der Waals surface area contributed by atoms with Gasteiger partial charge in [0.15, 0.2) is 5.76 Å². The fraction of sp³-hybridized carbons (Fsp3) is 0.353. The number of carbonyl (C=O) groups excluding carboxylic acids is 1. The van der Waals surface area contributed by atoms with Gasteiger partial charge in [-0.3, -0.25) is 10.1 Å². The van der Waals surface area contributed by atoms with Gasteiger partial charge >= 0.3 is 5.63 Å². The topological polar surface area (TPSA) is 151 Å². The summed E-state index contributed by atoms with van der Waals surface area (Å²) >= 11 is 1.09. The van der Waals surface area contributed by atoms with E-state index in [1.54, 1.807) is 13.0 Å². The lowest BCUT2D eigenvalue weighted by Crippen LogP contribution is -2.33. The number of carbonyl (C=O) groups is 1. The van der Waals surface area contributed by atoms with E-state index in [-0.39, 0.29) is 22.7 Å². The zero-order valence-corrected chi connectivity index (χ0v) is 16.6. The molecular weight excluding hydrogens is 400 g/mol. The van der Waals surface area contributed by atoms with Gasteiger partial charge in [0, 0.05) is 31.1 Å². The third kappa shape index (κ3) is 5.18. The molecule has 1 fully saturated rings. The third-order valence-electron chi connectivity index (χ3n) is 3.93. The van der Waals surface area contributed by atoms with Crippen molar-refractivity contribution < 1.29 is 18.7 Å². The molecule has 11 nitrogen and oxygen atoms in total. The number of rotatable bonds is 9. The highest BCUT2D eigenvalue weighted by Gasteiger charge is 2.22. The first kappa shape index (κ1) is 20.5. The van der Waals surface area contributed by atoms with Gasteiger partial charge in [-0.15, -0.1) is 10.2 Å². The molecule has 1 aliphatic heterocycles. The Balaban J connectivity index is 1.72. The van der Waals surface area contributed by atoms with Crippen LogP contribution >= 0.6 is 11.3 Å². The van der Waals surface area contributed by atoms with Crippen LogP contribution in [0.3, 0.4) is 0 Å². The molecule has 0 bridgehead atoms. The van der Waals surface area contributed by atoms with Crippen LogP contribution < -0.4 is 26.3 Å². The van der Waals surface area contributed by atoms with Crippen molar-refractivity contribution in [3.63, 3.8) is 0 Å². The minimum Gasteiger partial charge on any atom is -0.488 e. The van der Waals surface area contributed by atoms with Gasteiger partial charge < -0.3 is 29.9 Å². The number of ether oxygens (including phenoxy) is 2. The Bertz CT molecular complexity index is 981. The molecule has 0 aromatic carbocycles. The minimum absolute atomic E-state index is 0.0169. The monoisotopic (exact) mass is 420 g/mol. The summed E-state index contributed by atoms with van der Waals surface area (Å²) in [7, 11) is 1.35. The van der Waals surface area contributed by atoms with Gasteiger partial charge in [-0.2, -0.15) is 0 Å². The first-order valence-electron chi connectivity index (χ1n) is 8.67. The Labute approximate surface area is 169 Å². The molecule has 3 heterocycles. The average Bonchev–Trinajstić information content (AvgIpc) is 3.07. The maximum absolute atomic E-state index is 12.5. The molecule has 0 radical (unpaired) electrons. The van der Waals surface area contributed by atoms with E-state index in [0.29, 0.717) is 29.7 Å². The van der Waals surface area contributed by atoms with Crippen molar-refractivity contribution in [1.82, 2.24) is 10.2 Å². The molecule has 3 rings (SSSR count). The first-order valence-corrected chi connectivity index (χ1v) is 9.48. The average molecular weight is 420 g/mol. The van der Waals surface area contributed by atoms with Crippen molar-refractivity contribution in [3.8, 4) is 5.75 Å². The van der Waals surface area contributed by atoms with E-state index in [1.807, 2.05) is 0 Å². The lowest BCUT2D eigenvalue weighted by molar-refractivity contribution is -0.0410. The summed E-state index contributed by atoms with van der Waals surface area (Å²) in [5.74, 6) is -0.865. The fourth-order valence-corrected chi connectivity index (χ4v) is 3.11. The first-order chi connectivity index (χ1) is 14.0. The quantitative estimate of drug-likeness (QED) is 0.446. The molecular formula is C17H20N6O5S. The predicted molar refractivity (Wildman–Crippen MR) is 108 cm³/mol. The van der Waals surface area contributed by atoms with Crippen LogP contribution in [0.2, 0.25) is 0 Å². The van der Waals surface area contributed by atoms with Crippen LogP contribution in [-0.2, 0) is 4.74 Å². The maximum atomic E-state index is 12.5. The molecule has 0 aliphatic carbocycles. The van der Waals surface area contributed by atoms with Gasteiger partial charge in [0.2, 0.25) is 16.0 Å². The zero-order chi connectivity index (χ0) is 20.8. The Kier molecular flexibility index (Phi) is 6.57. The van der Waals surface area contributed by atoms with Crippen molar-refractivity contribution in [2.45, 2.75) is 19.4 Å². The van der Waals surface area contributed by atoms with Crippen LogP contribution in [0.4, 0.5) is 16.0 Å². The highest BCUT2D eigenvalue weighted by molar-refractivity contribution is 7.19. The van der Waals surface area contributed by atoms with Crippen LogP contribution in [0.25, 0.3) is 0 Å². The van der Waals surface area contributed by atoms with Gasteiger partial charge in [0.1, 0.15) is 0 Å². The number of methoxy groups -OCH3 is 1. The summed E-state index contributed by atoms with van der Waals surface area (Å²) in [5, 5.41) is 24.0. The second kappa shape index (κ2) is 9.30. The van der Waals surface area contributed by atoms with E-state index >= 15 is 0 Å². The van der Waals surface area contributed by atoms with Crippen LogP contribution in [0, 0.1) is 5.41 Å². The highest BCUT2D eigenvalue weighted by Crippen LogP contribution is 2.25. The van der Waals surface area contributed by atoms with Crippen molar-refractivity contribution in [1.29, 1.82) is 5.41 Å².